The summed E-state index contributed by atoms with van der Waals surface area (Å²) in [6.07, 6.45) is 3.61. The number of nitrogens with zero attached hydrogens (tertiary/aromatic N) is 2. The maximum absolute atomic E-state index is 12.3. The highest BCUT2D eigenvalue weighted by molar-refractivity contribution is 5.77. The second-order valence-corrected chi connectivity index (χ2v) is 5.43. The maximum Gasteiger partial charge on any atom is 0.223 e. The largest absolute Gasteiger partial charge is 0.361 e. The van der Waals surface area contributed by atoms with Gasteiger partial charge in [-0.3, -0.25) is 4.79 Å². The fourth-order valence-corrected chi connectivity index (χ4v) is 2.49. The van der Waals surface area contributed by atoms with E-state index < -0.39 is 0 Å². The van der Waals surface area contributed by atoms with Gasteiger partial charge in [0.25, 0.3) is 0 Å². The first-order valence-electron chi connectivity index (χ1n) is 6.73. The Morgan fingerprint density at radius 3 is 2.56 bits per heavy atom. The number of amides is 1. The van der Waals surface area contributed by atoms with Crippen LogP contribution in [-0.4, -0.2) is 28.0 Å². The van der Waals surface area contributed by atoms with Crippen molar-refractivity contribution < 1.29 is 9.32 Å². The molecule has 1 aliphatic carbocycles. The van der Waals surface area contributed by atoms with Gasteiger partial charge < -0.3 is 9.42 Å². The van der Waals surface area contributed by atoms with Gasteiger partial charge in [-0.05, 0) is 47.0 Å². The summed E-state index contributed by atoms with van der Waals surface area (Å²) in [5, 5.41) is 3.92. The lowest BCUT2D eigenvalue weighted by molar-refractivity contribution is -0.133. The lowest BCUT2D eigenvalue weighted by Crippen LogP contribution is -2.38. The highest BCUT2D eigenvalue weighted by Crippen LogP contribution is 2.29. The summed E-state index contributed by atoms with van der Waals surface area (Å²) < 4.78 is 5.12. The van der Waals surface area contributed by atoms with Gasteiger partial charge in [-0.15, -0.1) is 0 Å². The molecule has 0 atom stereocenters. The number of hydrogen-bond acceptors (Lipinski definition) is 3. The third kappa shape index (κ3) is 2.74. The van der Waals surface area contributed by atoms with Crippen LogP contribution in [0.5, 0.6) is 0 Å². The van der Waals surface area contributed by atoms with Crippen LogP contribution in [0.15, 0.2) is 4.52 Å². The van der Waals surface area contributed by atoms with Crippen molar-refractivity contribution in [2.24, 2.45) is 0 Å². The molecule has 4 heteroatoms. The standard InChI is InChI=1S/C14H22N2O2/c1-9(2)16(12-5-6-12)14(17)8-7-13-10(3)15-18-11(13)4/h9,12H,5-8H2,1-4H3. The first-order valence-corrected chi connectivity index (χ1v) is 6.73. The molecule has 1 saturated carbocycles. The van der Waals surface area contributed by atoms with E-state index in [0.717, 1.165) is 36.3 Å². The van der Waals surface area contributed by atoms with Gasteiger partial charge in [0.05, 0.1) is 5.69 Å². The summed E-state index contributed by atoms with van der Waals surface area (Å²) in [7, 11) is 0. The van der Waals surface area contributed by atoms with E-state index in [1.54, 1.807) is 0 Å². The summed E-state index contributed by atoms with van der Waals surface area (Å²) in [5.41, 5.74) is 1.99. The van der Waals surface area contributed by atoms with Crippen LogP contribution in [0.2, 0.25) is 0 Å². The molecule has 0 saturated heterocycles. The molecule has 0 spiro atoms. The number of carbonyl (C=O) groups excluding carboxylic acids is 1. The quantitative estimate of drug-likeness (QED) is 0.807. The van der Waals surface area contributed by atoms with Gasteiger partial charge in [0, 0.05) is 24.1 Å². The van der Waals surface area contributed by atoms with Crippen LogP contribution >= 0.6 is 0 Å². The van der Waals surface area contributed by atoms with Crippen molar-refractivity contribution in [2.75, 3.05) is 0 Å². The van der Waals surface area contributed by atoms with Gasteiger partial charge in [0.15, 0.2) is 0 Å². The van der Waals surface area contributed by atoms with Crippen LogP contribution in [0.25, 0.3) is 0 Å². The Balaban J connectivity index is 1.95. The maximum atomic E-state index is 12.3. The summed E-state index contributed by atoms with van der Waals surface area (Å²) in [6, 6.07) is 0.789. The van der Waals surface area contributed by atoms with E-state index in [9.17, 15) is 4.79 Å². The van der Waals surface area contributed by atoms with Gasteiger partial charge in [-0.1, -0.05) is 5.16 Å². The highest BCUT2D eigenvalue weighted by Gasteiger charge is 2.33. The van der Waals surface area contributed by atoms with E-state index in [1.807, 2.05) is 18.7 Å². The van der Waals surface area contributed by atoms with Crippen molar-refractivity contribution in [1.82, 2.24) is 10.1 Å². The Morgan fingerprint density at radius 2 is 2.11 bits per heavy atom. The first-order chi connectivity index (χ1) is 8.50. The molecule has 0 radical (unpaired) electrons. The lowest BCUT2D eigenvalue weighted by atomic mass is 10.1. The lowest BCUT2D eigenvalue weighted by Gasteiger charge is -2.26. The zero-order chi connectivity index (χ0) is 13.3. The molecule has 0 bridgehead atoms. The third-order valence-corrected chi connectivity index (χ3v) is 3.55. The molecule has 0 aliphatic heterocycles. The van der Waals surface area contributed by atoms with Gasteiger partial charge in [0.2, 0.25) is 5.91 Å². The summed E-state index contributed by atoms with van der Waals surface area (Å²) in [6.45, 7) is 8.01. The van der Waals surface area contributed by atoms with Gasteiger partial charge in [0.1, 0.15) is 5.76 Å². The van der Waals surface area contributed by atoms with Crippen LogP contribution in [0.4, 0.5) is 0 Å². The minimum absolute atomic E-state index is 0.257. The van der Waals surface area contributed by atoms with Crippen molar-refractivity contribution in [2.45, 2.75) is 65.5 Å². The molecule has 1 aromatic rings. The summed E-state index contributed by atoms with van der Waals surface area (Å²) >= 11 is 0. The van der Waals surface area contributed by atoms with Crippen LogP contribution in [0, 0.1) is 13.8 Å². The van der Waals surface area contributed by atoms with Crippen LogP contribution < -0.4 is 0 Å². The Kier molecular flexibility index (Phi) is 3.73. The van der Waals surface area contributed by atoms with Crippen molar-refractivity contribution in [3.05, 3.63) is 17.0 Å². The molecular weight excluding hydrogens is 228 g/mol. The Hall–Kier alpha value is -1.32. The van der Waals surface area contributed by atoms with Crippen LogP contribution in [0.1, 0.15) is 50.1 Å². The van der Waals surface area contributed by atoms with Gasteiger partial charge >= 0.3 is 0 Å². The molecular formula is C14H22N2O2. The molecule has 18 heavy (non-hydrogen) atoms. The second-order valence-electron chi connectivity index (χ2n) is 5.43. The van der Waals surface area contributed by atoms with Crippen LogP contribution in [-0.2, 0) is 11.2 Å². The number of aromatic nitrogens is 1. The zero-order valence-electron chi connectivity index (χ0n) is 11.7. The fourth-order valence-electron chi connectivity index (χ4n) is 2.49. The molecule has 0 unspecified atom stereocenters. The van der Waals surface area contributed by atoms with Crippen molar-refractivity contribution >= 4 is 5.91 Å². The SMILES string of the molecule is Cc1noc(C)c1CCC(=O)N(C(C)C)C1CC1. The smallest absolute Gasteiger partial charge is 0.223 e. The van der Waals surface area contributed by atoms with E-state index in [1.165, 1.54) is 0 Å². The van der Waals surface area contributed by atoms with Crippen molar-refractivity contribution in [1.29, 1.82) is 0 Å². The predicted molar refractivity (Wildman–Crippen MR) is 69.3 cm³/mol. The topological polar surface area (TPSA) is 46.3 Å². The number of hydrogen-bond donors (Lipinski definition) is 0. The number of rotatable bonds is 5. The fraction of sp³-hybridized carbons (Fsp3) is 0.714. The average molecular weight is 250 g/mol. The molecule has 100 valence electrons. The zero-order valence-corrected chi connectivity index (χ0v) is 11.7. The van der Waals surface area contributed by atoms with E-state index in [2.05, 4.69) is 19.0 Å². The normalized spacial score (nSPS) is 15.2. The molecule has 0 N–H and O–H groups in total. The van der Waals surface area contributed by atoms with E-state index in [0.29, 0.717) is 18.5 Å². The Morgan fingerprint density at radius 1 is 1.44 bits per heavy atom. The van der Waals surface area contributed by atoms with E-state index in [4.69, 9.17) is 4.52 Å². The van der Waals surface area contributed by atoms with Gasteiger partial charge in [-0.25, -0.2) is 0 Å². The summed E-state index contributed by atoms with van der Waals surface area (Å²) in [5.74, 6) is 1.09. The van der Waals surface area contributed by atoms with Crippen LogP contribution in [0.3, 0.4) is 0 Å². The molecule has 1 heterocycles. The number of carbonyl (C=O) groups is 1. The molecule has 0 aromatic carbocycles. The van der Waals surface area contributed by atoms with E-state index >= 15 is 0 Å². The number of aryl methyl sites for hydroxylation is 2. The Labute approximate surface area is 108 Å². The molecule has 1 fully saturated rings. The van der Waals surface area contributed by atoms with E-state index in [-0.39, 0.29) is 5.91 Å². The van der Waals surface area contributed by atoms with Crippen molar-refractivity contribution in [3.8, 4) is 0 Å². The minimum atomic E-state index is 0.257. The average Bonchev–Trinajstić information content (AvgIpc) is 3.05. The predicted octanol–water partition coefficient (Wildman–Crippen LogP) is 2.62. The second kappa shape index (κ2) is 5.12. The monoisotopic (exact) mass is 250 g/mol. The van der Waals surface area contributed by atoms with Crippen molar-refractivity contribution in [3.63, 3.8) is 0 Å². The highest BCUT2D eigenvalue weighted by atomic mass is 16.5. The molecule has 1 aromatic heterocycles. The minimum Gasteiger partial charge on any atom is -0.361 e. The molecule has 1 aliphatic rings. The van der Waals surface area contributed by atoms with Gasteiger partial charge in [-0.2, -0.15) is 0 Å². The third-order valence-electron chi connectivity index (χ3n) is 3.55. The molecule has 1 amide bonds. The Bertz CT molecular complexity index is 412. The molecule has 4 nitrogen and oxygen atoms in total. The first kappa shape index (κ1) is 13.1. The summed E-state index contributed by atoms with van der Waals surface area (Å²) in [4.78, 5) is 14.3. The molecule has 2 rings (SSSR count).